The molecule has 1 aromatic rings. The van der Waals surface area contributed by atoms with Crippen LogP contribution in [0.25, 0.3) is 0 Å². The van der Waals surface area contributed by atoms with Crippen LogP contribution in [-0.4, -0.2) is 61.5 Å². The smallest absolute Gasteiger partial charge is 0.256 e. The predicted molar refractivity (Wildman–Crippen MR) is 114 cm³/mol. The minimum absolute atomic E-state index is 0.138. The third-order valence-corrected chi connectivity index (χ3v) is 6.45. The number of rotatable bonds is 1. The minimum atomic E-state index is -0.756. The molecular formula is C23H31F2N3O4. The van der Waals surface area contributed by atoms with Gasteiger partial charge in [-0.15, -0.1) is 0 Å². The van der Waals surface area contributed by atoms with E-state index < -0.39 is 29.0 Å². The Morgan fingerprint density at radius 1 is 1.09 bits per heavy atom. The largest absolute Gasteiger partial charge is 0.380 e. The Hall–Kier alpha value is -2.55. The molecular weight excluding hydrogens is 420 g/mol. The molecule has 0 unspecified atom stereocenters. The number of likely N-dealkylation sites (tertiary alicyclic amines) is 1. The lowest BCUT2D eigenvalue weighted by Crippen LogP contribution is -2.54. The van der Waals surface area contributed by atoms with Gasteiger partial charge in [0, 0.05) is 26.2 Å². The molecule has 3 rings (SSSR count). The number of aryl methyl sites for hydroxylation is 1. The number of carbonyl (C=O) groups excluding carboxylic acids is 3. The minimum Gasteiger partial charge on any atom is -0.380 e. The zero-order valence-corrected chi connectivity index (χ0v) is 18.6. The quantitative estimate of drug-likeness (QED) is 0.686. The fraction of sp³-hybridized carbons (Fsp3) is 0.609. The third kappa shape index (κ3) is 5.43. The predicted octanol–water partition coefficient (Wildman–Crippen LogP) is 2.32. The van der Waals surface area contributed by atoms with Crippen molar-refractivity contribution in [2.24, 2.45) is 5.41 Å². The number of hydrogen-bond donors (Lipinski definition) is 2. The van der Waals surface area contributed by atoms with E-state index in [1.807, 2.05) is 0 Å². The van der Waals surface area contributed by atoms with Crippen LogP contribution in [-0.2, 0) is 14.3 Å². The average molecular weight is 452 g/mol. The monoisotopic (exact) mass is 451 g/mol. The SMILES string of the molecule is Cc1cc(F)c(C(=O)N2CCC3(CCCCOCCNC(=O)[C@H](C)NC3=O)CC2)cc1F. The summed E-state index contributed by atoms with van der Waals surface area (Å²) in [6.07, 6.45) is 2.93. The number of carbonyl (C=O) groups is 3. The van der Waals surface area contributed by atoms with E-state index in [0.29, 0.717) is 39.0 Å². The van der Waals surface area contributed by atoms with Crippen LogP contribution in [0.4, 0.5) is 8.78 Å². The van der Waals surface area contributed by atoms with Crippen molar-refractivity contribution in [2.45, 2.75) is 52.0 Å². The fourth-order valence-electron chi connectivity index (χ4n) is 4.29. The van der Waals surface area contributed by atoms with Crippen LogP contribution >= 0.6 is 0 Å². The van der Waals surface area contributed by atoms with Crippen LogP contribution in [0.1, 0.15) is 54.9 Å². The summed E-state index contributed by atoms with van der Waals surface area (Å²) in [5.41, 5.74) is -0.887. The van der Waals surface area contributed by atoms with Gasteiger partial charge in [-0.25, -0.2) is 8.78 Å². The molecule has 1 aromatic carbocycles. The molecule has 2 aliphatic heterocycles. The number of halogens is 2. The Kier molecular flexibility index (Phi) is 7.82. The number of benzene rings is 1. The van der Waals surface area contributed by atoms with Gasteiger partial charge in [-0.2, -0.15) is 0 Å². The highest BCUT2D eigenvalue weighted by atomic mass is 19.1. The maximum absolute atomic E-state index is 14.3. The van der Waals surface area contributed by atoms with Gasteiger partial charge in [0.25, 0.3) is 5.91 Å². The lowest BCUT2D eigenvalue weighted by atomic mass is 9.73. The molecule has 7 nitrogen and oxygen atoms in total. The molecule has 3 amide bonds. The number of piperidine rings is 1. The van der Waals surface area contributed by atoms with E-state index in [1.54, 1.807) is 6.92 Å². The van der Waals surface area contributed by atoms with Crippen LogP contribution < -0.4 is 10.6 Å². The van der Waals surface area contributed by atoms with Crippen molar-refractivity contribution in [2.75, 3.05) is 32.8 Å². The normalized spacial score (nSPS) is 22.9. The molecule has 0 bridgehead atoms. The lowest BCUT2D eigenvalue weighted by molar-refractivity contribution is -0.137. The van der Waals surface area contributed by atoms with E-state index in [1.165, 1.54) is 11.8 Å². The van der Waals surface area contributed by atoms with Crippen LogP contribution in [0.3, 0.4) is 0 Å². The Morgan fingerprint density at radius 3 is 2.53 bits per heavy atom. The van der Waals surface area contributed by atoms with E-state index in [9.17, 15) is 23.2 Å². The summed E-state index contributed by atoms with van der Waals surface area (Å²) in [5.74, 6) is -2.45. The molecule has 2 heterocycles. The first-order valence-electron chi connectivity index (χ1n) is 11.1. The average Bonchev–Trinajstić information content (AvgIpc) is 2.78. The van der Waals surface area contributed by atoms with Gasteiger partial charge < -0.3 is 20.3 Å². The Balaban J connectivity index is 1.73. The highest BCUT2D eigenvalue weighted by Gasteiger charge is 2.42. The summed E-state index contributed by atoms with van der Waals surface area (Å²) in [6, 6.07) is 1.26. The first-order chi connectivity index (χ1) is 15.2. The van der Waals surface area contributed by atoms with Gasteiger partial charge in [-0.05, 0) is 57.2 Å². The molecule has 32 heavy (non-hydrogen) atoms. The van der Waals surface area contributed by atoms with Gasteiger partial charge in [0.15, 0.2) is 0 Å². The second-order valence-electron chi connectivity index (χ2n) is 8.71. The topological polar surface area (TPSA) is 87.7 Å². The molecule has 2 saturated heterocycles. The van der Waals surface area contributed by atoms with E-state index in [2.05, 4.69) is 10.6 Å². The van der Waals surface area contributed by atoms with E-state index in [4.69, 9.17) is 4.74 Å². The number of amides is 3. The lowest BCUT2D eigenvalue weighted by Gasteiger charge is -2.41. The molecule has 0 radical (unpaired) electrons. The molecule has 0 saturated carbocycles. The standard InChI is InChI=1S/C23H31F2N3O4/c1-15-13-19(25)17(14-18(15)24)21(30)28-9-6-23(7-10-28)5-3-4-11-32-12-8-26-20(29)16(2)27-22(23)31/h13-14,16H,3-12H2,1-2H3,(H,26,29)(H,27,31)/t16-/m0/s1. The summed E-state index contributed by atoms with van der Waals surface area (Å²) in [4.78, 5) is 39.7. The van der Waals surface area contributed by atoms with Gasteiger partial charge in [0.2, 0.25) is 11.8 Å². The first-order valence-corrected chi connectivity index (χ1v) is 11.1. The first kappa shape index (κ1) is 24.1. The summed E-state index contributed by atoms with van der Waals surface area (Å²) < 4.78 is 33.7. The van der Waals surface area contributed by atoms with E-state index in [-0.39, 0.29) is 36.0 Å². The fourth-order valence-corrected chi connectivity index (χ4v) is 4.29. The summed E-state index contributed by atoms with van der Waals surface area (Å²) >= 11 is 0. The zero-order chi connectivity index (χ0) is 23.3. The summed E-state index contributed by atoms with van der Waals surface area (Å²) in [7, 11) is 0. The van der Waals surface area contributed by atoms with Crippen molar-refractivity contribution >= 4 is 17.7 Å². The van der Waals surface area contributed by atoms with Crippen molar-refractivity contribution in [1.29, 1.82) is 0 Å². The van der Waals surface area contributed by atoms with Gasteiger partial charge in [-0.1, -0.05) is 6.42 Å². The van der Waals surface area contributed by atoms with Gasteiger partial charge in [0.05, 0.1) is 17.6 Å². The molecule has 2 N–H and O–H groups in total. The Bertz CT molecular complexity index is 869. The third-order valence-electron chi connectivity index (χ3n) is 6.45. The number of nitrogens with zero attached hydrogens (tertiary/aromatic N) is 1. The molecule has 1 atom stereocenters. The van der Waals surface area contributed by atoms with E-state index in [0.717, 1.165) is 25.0 Å². The highest BCUT2D eigenvalue weighted by Crippen LogP contribution is 2.38. The van der Waals surface area contributed by atoms with Crippen molar-refractivity contribution in [3.05, 3.63) is 34.9 Å². The molecule has 176 valence electrons. The molecule has 0 aromatic heterocycles. The van der Waals surface area contributed by atoms with Gasteiger partial charge >= 0.3 is 0 Å². The van der Waals surface area contributed by atoms with Crippen molar-refractivity contribution in [3.63, 3.8) is 0 Å². The van der Waals surface area contributed by atoms with Crippen LogP contribution in [0.5, 0.6) is 0 Å². The van der Waals surface area contributed by atoms with Crippen molar-refractivity contribution < 1.29 is 27.9 Å². The van der Waals surface area contributed by atoms with Crippen LogP contribution in [0.15, 0.2) is 12.1 Å². The maximum Gasteiger partial charge on any atom is 0.256 e. The molecule has 1 spiro atoms. The summed E-state index contributed by atoms with van der Waals surface area (Å²) in [6.45, 7) is 4.92. The molecule has 2 fully saturated rings. The number of nitrogens with one attached hydrogen (secondary N) is 2. The van der Waals surface area contributed by atoms with Crippen LogP contribution in [0, 0.1) is 24.0 Å². The number of hydrogen-bond acceptors (Lipinski definition) is 4. The Labute approximate surface area is 186 Å². The van der Waals surface area contributed by atoms with Crippen molar-refractivity contribution in [3.8, 4) is 0 Å². The molecule has 0 aliphatic carbocycles. The van der Waals surface area contributed by atoms with Crippen LogP contribution in [0.2, 0.25) is 0 Å². The highest BCUT2D eigenvalue weighted by molar-refractivity contribution is 5.95. The van der Waals surface area contributed by atoms with E-state index >= 15 is 0 Å². The summed E-state index contributed by atoms with van der Waals surface area (Å²) in [5, 5.41) is 5.56. The van der Waals surface area contributed by atoms with Gasteiger partial charge in [0.1, 0.15) is 17.7 Å². The second-order valence-corrected chi connectivity index (χ2v) is 8.71. The number of ether oxygens (including phenoxy) is 1. The van der Waals surface area contributed by atoms with Gasteiger partial charge in [-0.3, -0.25) is 14.4 Å². The Morgan fingerprint density at radius 2 is 1.81 bits per heavy atom. The zero-order valence-electron chi connectivity index (χ0n) is 18.6. The molecule has 2 aliphatic rings. The maximum atomic E-state index is 14.3. The second kappa shape index (κ2) is 10.4. The van der Waals surface area contributed by atoms with Crippen molar-refractivity contribution in [1.82, 2.24) is 15.5 Å². The molecule has 9 heteroatoms.